The zero-order chi connectivity index (χ0) is 18.4. The van der Waals surface area contributed by atoms with Gasteiger partial charge >= 0.3 is 0 Å². The predicted molar refractivity (Wildman–Crippen MR) is 99.8 cm³/mol. The first-order valence-corrected chi connectivity index (χ1v) is 8.45. The quantitative estimate of drug-likeness (QED) is 0.663. The first kappa shape index (κ1) is 17.6. The van der Waals surface area contributed by atoms with Crippen LogP contribution in [-0.4, -0.2) is 12.5 Å². The molecule has 134 valence electrons. The highest BCUT2D eigenvalue weighted by Gasteiger charge is 2.15. The molecule has 0 radical (unpaired) electrons. The molecule has 0 atom stereocenters. The fourth-order valence-electron chi connectivity index (χ4n) is 2.44. The van der Waals surface area contributed by atoms with Gasteiger partial charge in [-0.3, -0.25) is 4.79 Å². The van der Waals surface area contributed by atoms with Crippen molar-refractivity contribution in [2.45, 2.75) is 20.5 Å². The summed E-state index contributed by atoms with van der Waals surface area (Å²) in [5.41, 5.74) is 2.29. The number of aryl methyl sites for hydroxylation is 1. The number of carbonyl (C=O) groups is 1. The van der Waals surface area contributed by atoms with Gasteiger partial charge in [-0.2, -0.15) is 0 Å². The third-order valence-electron chi connectivity index (χ3n) is 3.80. The van der Waals surface area contributed by atoms with Crippen LogP contribution in [0.4, 0.5) is 5.69 Å². The smallest absolute Gasteiger partial charge is 0.259 e. The summed E-state index contributed by atoms with van der Waals surface area (Å²) in [5, 5.41) is 2.85. The van der Waals surface area contributed by atoms with E-state index in [4.69, 9.17) is 13.9 Å². The molecule has 1 N–H and O–H groups in total. The monoisotopic (exact) mass is 351 g/mol. The van der Waals surface area contributed by atoms with Crippen LogP contribution in [-0.2, 0) is 6.61 Å². The van der Waals surface area contributed by atoms with Gasteiger partial charge in [0.15, 0.2) is 5.76 Å². The third kappa shape index (κ3) is 4.45. The van der Waals surface area contributed by atoms with E-state index in [0.29, 0.717) is 23.6 Å². The Kier molecular flexibility index (Phi) is 5.59. The zero-order valence-electron chi connectivity index (χ0n) is 14.8. The fraction of sp³-hybridized carbons (Fsp3) is 0.190. The summed E-state index contributed by atoms with van der Waals surface area (Å²) in [6.45, 7) is 4.72. The van der Waals surface area contributed by atoms with E-state index in [1.165, 1.54) is 6.26 Å². The number of hydrogen-bond donors (Lipinski definition) is 1. The molecule has 5 nitrogen and oxygen atoms in total. The predicted octanol–water partition coefficient (Wildman–Crippen LogP) is 4.82. The Balaban J connectivity index is 1.63. The van der Waals surface area contributed by atoms with Gasteiger partial charge in [-0.05, 0) is 56.3 Å². The molecule has 0 bridgehead atoms. The molecule has 1 aromatic heterocycles. The Hall–Kier alpha value is -3.21. The van der Waals surface area contributed by atoms with E-state index >= 15 is 0 Å². The van der Waals surface area contributed by atoms with Gasteiger partial charge in [0.2, 0.25) is 0 Å². The lowest BCUT2D eigenvalue weighted by Gasteiger charge is -2.08. The van der Waals surface area contributed by atoms with Crippen molar-refractivity contribution in [1.82, 2.24) is 0 Å². The van der Waals surface area contributed by atoms with Crippen molar-refractivity contribution in [2.75, 3.05) is 11.9 Å². The second-order valence-electron chi connectivity index (χ2n) is 5.77. The lowest BCUT2D eigenvalue weighted by molar-refractivity contribution is 0.102. The molecule has 0 aliphatic heterocycles. The molecule has 0 saturated heterocycles. The summed E-state index contributed by atoms with van der Waals surface area (Å²) in [4.78, 5) is 12.5. The van der Waals surface area contributed by atoms with Gasteiger partial charge in [0.25, 0.3) is 5.91 Å². The molecule has 0 fully saturated rings. The fourth-order valence-corrected chi connectivity index (χ4v) is 2.44. The number of furan rings is 1. The van der Waals surface area contributed by atoms with Crippen LogP contribution >= 0.6 is 0 Å². The number of nitrogens with one attached hydrogen (secondary N) is 1. The van der Waals surface area contributed by atoms with Crippen LogP contribution in [0.15, 0.2) is 65.3 Å². The summed E-state index contributed by atoms with van der Waals surface area (Å²) >= 11 is 0. The SMILES string of the molecule is CCOc1ccc(NC(=O)c2ccoc2COc2ccc(C)cc2)cc1. The normalized spacial score (nSPS) is 10.4. The topological polar surface area (TPSA) is 60.7 Å². The molecule has 0 unspecified atom stereocenters. The number of hydrogen-bond acceptors (Lipinski definition) is 4. The second-order valence-corrected chi connectivity index (χ2v) is 5.77. The molecule has 5 heteroatoms. The molecule has 1 amide bonds. The van der Waals surface area contributed by atoms with Crippen molar-refractivity contribution < 1.29 is 18.7 Å². The average molecular weight is 351 g/mol. The minimum absolute atomic E-state index is 0.183. The highest BCUT2D eigenvalue weighted by molar-refractivity contribution is 6.04. The molecule has 1 heterocycles. The molecule has 0 aliphatic rings. The van der Waals surface area contributed by atoms with Gasteiger partial charge in [-0.1, -0.05) is 17.7 Å². The second kappa shape index (κ2) is 8.25. The average Bonchev–Trinajstić information content (AvgIpc) is 3.12. The van der Waals surface area contributed by atoms with Crippen LogP contribution in [0.1, 0.15) is 28.6 Å². The summed E-state index contributed by atoms with van der Waals surface area (Å²) in [6.07, 6.45) is 1.49. The van der Waals surface area contributed by atoms with Crippen molar-refractivity contribution in [2.24, 2.45) is 0 Å². The minimum atomic E-state index is -0.245. The maximum atomic E-state index is 12.5. The summed E-state index contributed by atoms with van der Waals surface area (Å²) < 4.78 is 16.5. The molecule has 0 saturated carbocycles. The Bertz CT molecular complexity index is 850. The highest BCUT2D eigenvalue weighted by atomic mass is 16.5. The third-order valence-corrected chi connectivity index (χ3v) is 3.80. The van der Waals surface area contributed by atoms with E-state index in [1.54, 1.807) is 18.2 Å². The molecule has 26 heavy (non-hydrogen) atoms. The highest BCUT2D eigenvalue weighted by Crippen LogP contribution is 2.20. The molecule has 0 spiro atoms. The van der Waals surface area contributed by atoms with E-state index in [2.05, 4.69) is 5.32 Å². The van der Waals surface area contributed by atoms with Gasteiger partial charge in [0, 0.05) is 5.69 Å². The van der Waals surface area contributed by atoms with Gasteiger partial charge in [-0.15, -0.1) is 0 Å². The number of anilines is 1. The van der Waals surface area contributed by atoms with Crippen LogP contribution in [0.3, 0.4) is 0 Å². The number of rotatable bonds is 7. The van der Waals surface area contributed by atoms with Crippen molar-refractivity contribution in [1.29, 1.82) is 0 Å². The number of ether oxygens (including phenoxy) is 2. The first-order valence-electron chi connectivity index (χ1n) is 8.45. The van der Waals surface area contributed by atoms with Crippen molar-refractivity contribution >= 4 is 11.6 Å². The molecule has 3 aromatic rings. The Morgan fingerprint density at radius 1 is 0.962 bits per heavy atom. The minimum Gasteiger partial charge on any atom is -0.494 e. The van der Waals surface area contributed by atoms with Crippen molar-refractivity contribution in [3.63, 3.8) is 0 Å². The van der Waals surface area contributed by atoms with Gasteiger partial charge < -0.3 is 19.2 Å². The van der Waals surface area contributed by atoms with Crippen LogP contribution in [0.25, 0.3) is 0 Å². The maximum Gasteiger partial charge on any atom is 0.259 e. The van der Waals surface area contributed by atoms with Crippen LogP contribution in [0.5, 0.6) is 11.5 Å². The number of carbonyl (C=O) groups excluding carboxylic acids is 1. The Morgan fingerprint density at radius 3 is 2.31 bits per heavy atom. The van der Waals surface area contributed by atoms with E-state index < -0.39 is 0 Å². The Labute approximate surface area is 152 Å². The molecule has 2 aromatic carbocycles. The molecular weight excluding hydrogens is 330 g/mol. The Morgan fingerprint density at radius 2 is 1.62 bits per heavy atom. The van der Waals surface area contributed by atoms with Crippen molar-refractivity contribution in [3.8, 4) is 11.5 Å². The largest absolute Gasteiger partial charge is 0.494 e. The van der Waals surface area contributed by atoms with Crippen LogP contribution in [0.2, 0.25) is 0 Å². The van der Waals surface area contributed by atoms with Crippen molar-refractivity contribution in [3.05, 3.63) is 77.7 Å². The van der Waals surface area contributed by atoms with Crippen LogP contribution < -0.4 is 14.8 Å². The zero-order valence-corrected chi connectivity index (χ0v) is 14.8. The van der Waals surface area contributed by atoms with E-state index in [-0.39, 0.29) is 12.5 Å². The van der Waals surface area contributed by atoms with E-state index in [1.807, 2.05) is 50.2 Å². The standard InChI is InChI=1S/C21H21NO4/c1-3-24-17-10-6-16(7-11-17)22-21(23)19-12-13-25-20(19)14-26-18-8-4-15(2)5-9-18/h4-13H,3,14H2,1-2H3,(H,22,23). The molecular formula is C21H21NO4. The maximum absolute atomic E-state index is 12.5. The molecule has 0 aliphatic carbocycles. The van der Waals surface area contributed by atoms with Gasteiger partial charge in [0.05, 0.1) is 18.4 Å². The van der Waals surface area contributed by atoms with E-state index in [9.17, 15) is 4.79 Å². The summed E-state index contributed by atoms with van der Waals surface area (Å²) in [7, 11) is 0. The lowest BCUT2D eigenvalue weighted by atomic mass is 10.2. The molecule has 3 rings (SSSR count). The van der Waals surface area contributed by atoms with E-state index in [0.717, 1.165) is 17.1 Å². The summed E-state index contributed by atoms with van der Waals surface area (Å²) in [6, 6.07) is 16.6. The van der Waals surface area contributed by atoms with Crippen LogP contribution in [0, 0.1) is 6.92 Å². The summed E-state index contributed by atoms with van der Waals surface area (Å²) in [5.74, 6) is 1.73. The lowest BCUT2D eigenvalue weighted by Crippen LogP contribution is -2.13. The first-order chi connectivity index (χ1) is 12.7. The number of benzene rings is 2. The van der Waals surface area contributed by atoms with Gasteiger partial charge in [-0.25, -0.2) is 0 Å². The number of amides is 1. The van der Waals surface area contributed by atoms with Gasteiger partial charge in [0.1, 0.15) is 18.1 Å².